The first-order valence-electron chi connectivity index (χ1n) is 5.39. The van der Waals surface area contributed by atoms with E-state index in [-0.39, 0.29) is 6.54 Å². The Labute approximate surface area is 94.7 Å². The molecule has 4 nitrogen and oxygen atoms in total. The van der Waals surface area contributed by atoms with Gasteiger partial charge in [0, 0.05) is 18.1 Å². The number of nitrogens with zero attached hydrogens (tertiary/aromatic N) is 1. The van der Waals surface area contributed by atoms with Crippen molar-refractivity contribution in [2.75, 3.05) is 6.54 Å². The fourth-order valence-electron chi connectivity index (χ4n) is 1.82. The van der Waals surface area contributed by atoms with Crippen LogP contribution in [0.1, 0.15) is 20.3 Å². The second kappa shape index (κ2) is 5.51. The van der Waals surface area contributed by atoms with Crippen molar-refractivity contribution in [3.05, 3.63) is 22.8 Å². The van der Waals surface area contributed by atoms with Crippen LogP contribution >= 0.6 is 0 Å². The molecule has 1 aromatic rings. The lowest BCUT2D eigenvalue weighted by molar-refractivity contribution is -0.137. The van der Waals surface area contributed by atoms with E-state index in [4.69, 9.17) is 10.8 Å². The molecule has 1 aromatic heterocycles. The van der Waals surface area contributed by atoms with Gasteiger partial charge in [-0.15, -0.1) is 0 Å². The van der Waals surface area contributed by atoms with Gasteiger partial charge in [0.1, 0.15) is 6.54 Å². The van der Waals surface area contributed by atoms with Gasteiger partial charge in [0.15, 0.2) is 0 Å². The van der Waals surface area contributed by atoms with E-state index in [1.165, 1.54) is 0 Å². The molecule has 0 saturated heterocycles. The van der Waals surface area contributed by atoms with Gasteiger partial charge in [-0.3, -0.25) is 4.79 Å². The van der Waals surface area contributed by atoms with E-state index in [2.05, 4.69) is 0 Å². The summed E-state index contributed by atoms with van der Waals surface area (Å²) in [5.41, 5.74) is 6.77. The number of aliphatic carboxylic acids is 1. The standard InChI is InChI=1S/C12H18N2O2/c1-3-9-5-6-14(8-11(15)16)12(9)10(4-2)7-13/h3,5-6H,4,7-8,13H2,1-2H3,(H,15,16). The molecule has 0 fully saturated rings. The second-order valence-electron chi connectivity index (χ2n) is 3.59. The average Bonchev–Trinajstić information content (AvgIpc) is 2.63. The Morgan fingerprint density at radius 3 is 2.75 bits per heavy atom. The van der Waals surface area contributed by atoms with Crippen LogP contribution in [-0.4, -0.2) is 22.2 Å². The summed E-state index contributed by atoms with van der Waals surface area (Å²) in [5.74, 6) is -0.841. The minimum atomic E-state index is -0.841. The lowest BCUT2D eigenvalue weighted by Gasteiger charge is -2.04. The molecule has 0 saturated carbocycles. The number of nitrogens with two attached hydrogens (primary N) is 1. The van der Waals surface area contributed by atoms with E-state index in [0.29, 0.717) is 6.54 Å². The summed E-state index contributed by atoms with van der Waals surface area (Å²) in [6.45, 7) is 4.40. The van der Waals surface area contributed by atoms with Gasteiger partial charge >= 0.3 is 5.97 Å². The molecule has 0 aliphatic carbocycles. The molecule has 0 amide bonds. The van der Waals surface area contributed by atoms with Crippen LogP contribution in [0.25, 0.3) is 11.6 Å². The van der Waals surface area contributed by atoms with Gasteiger partial charge in [-0.25, -0.2) is 0 Å². The second-order valence-corrected chi connectivity index (χ2v) is 3.59. The van der Waals surface area contributed by atoms with E-state index in [0.717, 1.165) is 22.6 Å². The monoisotopic (exact) mass is 222 g/mol. The highest BCUT2D eigenvalue weighted by Crippen LogP contribution is 1.95. The minimum absolute atomic E-state index is 0.0212. The predicted molar refractivity (Wildman–Crippen MR) is 64.2 cm³/mol. The van der Waals surface area contributed by atoms with Crippen LogP contribution in [-0.2, 0) is 11.3 Å². The molecule has 0 bridgehead atoms. The van der Waals surface area contributed by atoms with Gasteiger partial charge in [0.25, 0.3) is 0 Å². The molecule has 0 aromatic carbocycles. The quantitative estimate of drug-likeness (QED) is 0.747. The number of rotatable bonds is 4. The maximum absolute atomic E-state index is 10.7. The molecule has 0 unspecified atom stereocenters. The Hall–Kier alpha value is -1.55. The molecular formula is C12H18N2O2. The minimum Gasteiger partial charge on any atom is -0.480 e. The predicted octanol–water partition coefficient (Wildman–Crippen LogP) is -0.107. The molecule has 4 heteroatoms. The molecule has 0 radical (unpaired) electrons. The maximum Gasteiger partial charge on any atom is 0.323 e. The third-order valence-electron chi connectivity index (χ3n) is 2.62. The normalized spacial score (nSPS) is 14.1. The summed E-state index contributed by atoms with van der Waals surface area (Å²) in [4.78, 5) is 10.7. The molecule has 88 valence electrons. The molecule has 16 heavy (non-hydrogen) atoms. The number of carbonyl (C=O) groups is 1. The van der Waals surface area contributed by atoms with Crippen molar-refractivity contribution in [2.24, 2.45) is 5.73 Å². The zero-order valence-electron chi connectivity index (χ0n) is 9.73. The zero-order valence-corrected chi connectivity index (χ0v) is 9.73. The van der Waals surface area contributed by atoms with Crippen LogP contribution < -0.4 is 16.3 Å². The topological polar surface area (TPSA) is 68.2 Å². The number of hydrogen-bond acceptors (Lipinski definition) is 2. The smallest absolute Gasteiger partial charge is 0.323 e. The number of carboxylic acids is 1. The summed E-state index contributed by atoms with van der Waals surface area (Å²) in [7, 11) is 0. The van der Waals surface area contributed by atoms with Gasteiger partial charge in [0.2, 0.25) is 0 Å². The fraction of sp³-hybridized carbons (Fsp3) is 0.417. The van der Waals surface area contributed by atoms with Crippen molar-refractivity contribution in [1.82, 2.24) is 4.57 Å². The first-order valence-corrected chi connectivity index (χ1v) is 5.39. The summed E-state index contributed by atoms with van der Waals surface area (Å²) in [5, 5.41) is 10.8. The molecule has 0 spiro atoms. The van der Waals surface area contributed by atoms with E-state index in [1.807, 2.05) is 26.0 Å². The van der Waals surface area contributed by atoms with Crippen molar-refractivity contribution in [3.8, 4) is 0 Å². The lowest BCUT2D eigenvalue weighted by atomic mass is 10.2. The van der Waals surface area contributed by atoms with Crippen molar-refractivity contribution in [1.29, 1.82) is 0 Å². The summed E-state index contributed by atoms with van der Waals surface area (Å²) in [6.07, 6.45) is 4.60. The van der Waals surface area contributed by atoms with Crippen LogP contribution in [0.15, 0.2) is 12.3 Å². The van der Waals surface area contributed by atoms with Gasteiger partial charge in [0.05, 0.1) is 0 Å². The summed E-state index contributed by atoms with van der Waals surface area (Å²) < 4.78 is 1.74. The SMILES string of the molecule is CC=c1ccn(CC(=O)O)c1=C(CC)CN. The van der Waals surface area contributed by atoms with Gasteiger partial charge < -0.3 is 15.4 Å². The number of aromatic nitrogens is 1. The average molecular weight is 222 g/mol. The Morgan fingerprint density at radius 1 is 1.62 bits per heavy atom. The van der Waals surface area contributed by atoms with Crippen LogP contribution in [0.4, 0.5) is 0 Å². The van der Waals surface area contributed by atoms with E-state index >= 15 is 0 Å². The largest absolute Gasteiger partial charge is 0.480 e. The Morgan fingerprint density at radius 2 is 2.31 bits per heavy atom. The van der Waals surface area contributed by atoms with Crippen LogP contribution in [0, 0.1) is 0 Å². The van der Waals surface area contributed by atoms with Gasteiger partial charge in [-0.05, 0) is 30.2 Å². The fourth-order valence-corrected chi connectivity index (χ4v) is 1.82. The number of hydrogen-bond donors (Lipinski definition) is 2. The molecule has 1 heterocycles. The number of carboxylic acid groups (broad SMARTS) is 1. The van der Waals surface area contributed by atoms with Crippen LogP contribution in [0.3, 0.4) is 0 Å². The summed E-state index contributed by atoms with van der Waals surface area (Å²) in [6, 6.07) is 1.92. The molecule has 0 aliphatic rings. The summed E-state index contributed by atoms with van der Waals surface area (Å²) >= 11 is 0. The highest BCUT2D eigenvalue weighted by molar-refractivity contribution is 5.66. The maximum atomic E-state index is 10.7. The van der Waals surface area contributed by atoms with E-state index in [9.17, 15) is 4.79 Å². The molecule has 0 aliphatic heterocycles. The molecule has 0 atom stereocenters. The lowest BCUT2D eigenvalue weighted by Crippen LogP contribution is -2.34. The third-order valence-corrected chi connectivity index (χ3v) is 2.62. The Kier molecular flexibility index (Phi) is 4.31. The van der Waals surface area contributed by atoms with Crippen LogP contribution in [0.2, 0.25) is 0 Å². The van der Waals surface area contributed by atoms with E-state index in [1.54, 1.807) is 10.8 Å². The van der Waals surface area contributed by atoms with Gasteiger partial charge in [-0.1, -0.05) is 13.0 Å². The van der Waals surface area contributed by atoms with Crippen molar-refractivity contribution >= 4 is 17.6 Å². The van der Waals surface area contributed by atoms with Gasteiger partial charge in [-0.2, -0.15) is 0 Å². The highest BCUT2D eigenvalue weighted by Gasteiger charge is 2.04. The first-order chi connectivity index (χ1) is 7.63. The van der Waals surface area contributed by atoms with E-state index < -0.39 is 5.97 Å². The Balaban J connectivity index is 3.49. The molecule has 3 N–H and O–H groups in total. The third kappa shape index (κ3) is 2.52. The first kappa shape index (κ1) is 12.5. The van der Waals surface area contributed by atoms with Crippen molar-refractivity contribution < 1.29 is 9.90 Å². The zero-order chi connectivity index (χ0) is 12.1. The van der Waals surface area contributed by atoms with Crippen molar-refractivity contribution in [2.45, 2.75) is 26.8 Å². The molecule has 1 rings (SSSR count). The molecular weight excluding hydrogens is 204 g/mol. The van der Waals surface area contributed by atoms with Crippen molar-refractivity contribution in [3.63, 3.8) is 0 Å². The van der Waals surface area contributed by atoms with Crippen LogP contribution in [0.5, 0.6) is 0 Å². The Bertz CT molecular complexity index is 480. The highest BCUT2D eigenvalue weighted by atomic mass is 16.4.